The molecule has 0 spiro atoms. The Labute approximate surface area is 79.7 Å². The van der Waals surface area contributed by atoms with Crippen LogP contribution in [0.25, 0.3) is 0 Å². The number of rotatable bonds is 5. The van der Waals surface area contributed by atoms with E-state index in [9.17, 15) is 0 Å². The van der Waals surface area contributed by atoms with E-state index in [-0.39, 0.29) is 0 Å². The number of nitrogens with zero attached hydrogens (tertiary/aromatic N) is 2. The van der Waals surface area contributed by atoms with Crippen molar-refractivity contribution < 1.29 is 0 Å². The maximum Gasteiger partial charge on any atom is 0.0852 e. The van der Waals surface area contributed by atoms with Gasteiger partial charge in [0, 0.05) is 0 Å². The van der Waals surface area contributed by atoms with Crippen molar-refractivity contribution >= 4 is 5.69 Å². The third-order valence-corrected chi connectivity index (χ3v) is 1.75. The average Bonchev–Trinajstić information content (AvgIpc) is 2.19. The van der Waals surface area contributed by atoms with E-state index in [1.807, 2.05) is 24.3 Å². The van der Waals surface area contributed by atoms with Crippen molar-refractivity contribution in [3.05, 3.63) is 30.3 Å². The summed E-state index contributed by atoms with van der Waals surface area (Å²) < 4.78 is 0. The van der Waals surface area contributed by atoms with Crippen LogP contribution in [0.5, 0.6) is 0 Å². The second-order valence-corrected chi connectivity index (χ2v) is 2.93. The summed E-state index contributed by atoms with van der Waals surface area (Å²) in [6.07, 6.45) is 3.61. The van der Waals surface area contributed by atoms with E-state index >= 15 is 0 Å². The molecule has 0 saturated heterocycles. The van der Waals surface area contributed by atoms with Crippen LogP contribution >= 0.6 is 0 Å². The molecule has 0 aromatic heterocycles. The zero-order valence-electron chi connectivity index (χ0n) is 8.03. The fourth-order valence-electron chi connectivity index (χ4n) is 1.01. The number of azo groups is 1. The van der Waals surface area contributed by atoms with Gasteiger partial charge in [0.15, 0.2) is 0 Å². The van der Waals surface area contributed by atoms with Gasteiger partial charge < -0.3 is 0 Å². The molecule has 0 atom stereocenters. The van der Waals surface area contributed by atoms with Crippen molar-refractivity contribution in [1.29, 1.82) is 0 Å². The largest absolute Gasteiger partial charge is 0.189 e. The standard InChI is InChI=1S/C11H15N2/c1-2-3-7-10-12-13-11-8-5-4-6-9-11/h5-6,8-9H,2-3,7,10H2,1H3. The lowest BCUT2D eigenvalue weighted by atomic mass is 10.3. The normalized spacial score (nSPS) is 10.8. The molecule has 0 unspecified atom stereocenters. The van der Waals surface area contributed by atoms with Crippen LogP contribution in [-0.4, -0.2) is 6.54 Å². The molecule has 0 fully saturated rings. The Balaban J connectivity index is 2.25. The van der Waals surface area contributed by atoms with E-state index in [1.54, 1.807) is 0 Å². The van der Waals surface area contributed by atoms with Gasteiger partial charge in [-0.2, -0.15) is 10.2 Å². The molecular weight excluding hydrogens is 160 g/mol. The Morgan fingerprint density at radius 1 is 1.23 bits per heavy atom. The minimum absolute atomic E-state index is 0.840. The molecule has 0 bridgehead atoms. The smallest absolute Gasteiger partial charge is 0.0852 e. The maximum absolute atomic E-state index is 4.09. The highest BCUT2D eigenvalue weighted by atomic mass is 15.1. The topological polar surface area (TPSA) is 24.7 Å². The van der Waals surface area contributed by atoms with Crippen molar-refractivity contribution in [3.63, 3.8) is 0 Å². The number of hydrogen-bond acceptors (Lipinski definition) is 2. The molecule has 2 nitrogen and oxygen atoms in total. The molecule has 0 aliphatic rings. The van der Waals surface area contributed by atoms with Gasteiger partial charge in [-0.25, -0.2) is 0 Å². The van der Waals surface area contributed by atoms with E-state index in [0.717, 1.165) is 18.7 Å². The number of benzene rings is 1. The Bertz CT molecular complexity index is 242. The summed E-state index contributed by atoms with van der Waals surface area (Å²) >= 11 is 0. The minimum atomic E-state index is 0.840. The van der Waals surface area contributed by atoms with E-state index in [0.29, 0.717) is 0 Å². The van der Waals surface area contributed by atoms with Crippen molar-refractivity contribution in [3.8, 4) is 0 Å². The Morgan fingerprint density at radius 3 is 2.69 bits per heavy atom. The summed E-state index contributed by atoms with van der Waals surface area (Å²) in [7, 11) is 0. The van der Waals surface area contributed by atoms with Crippen LogP contribution in [0.1, 0.15) is 26.2 Å². The Morgan fingerprint density at radius 2 is 2.00 bits per heavy atom. The van der Waals surface area contributed by atoms with Crippen LogP contribution in [-0.2, 0) is 0 Å². The monoisotopic (exact) mass is 175 g/mol. The molecule has 1 rings (SSSR count). The summed E-state index contributed by atoms with van der Waals surface area (Å²) in [5, 5.41) is 8.17. The van der Waals surface area contributed by atoms with Crippen LogP contribution < -0.4 is 0 Å². The van der Waals surface area contributed by atoms with Crippen LogP contribution in [0.15, 0.2) is 34.5 Å². The number of unbranched alkanes of at least 4 members (excludes halogenated alkanes) is 2. The van der Waals surface area contributed by atoms with Gasteiger partial charge in [0.05, 0.1) is 12.2 Å². The molecule has 0 heterocycles. The highest BCUT2D eigenvalue weighted by molar-refractivity contribution is 5.34. The molecule has 2 heteroatoms. The number of hydrogen-bond donors (Lipinski definition) is 0. The molecular formula is C11H15N2. The van der Waals surface area contributed by atoms with Gasteiger partial charge in [-0.1, -0.05) is 31.9 Å². The van der Waals surface area contributed by atoms with Gasteiger partial charge in [0.25, 0.3) is 0 Å². The fourth-order valence-corrected chi connectivity index (χ4v) is 1.01. The first-order valence-electron chi connectivity index (χ1n) is 4.77. The van der Waals surface area contributed by atoms with E-state index in [2.05, 4.69) is 23.2 Å². The van der Waals surface area contributed by atoms with Crippen molar-refractivity contribution in [2.45, 2.75) is 26.2 Å². The highest BCUT2D eigenvalue weighted by Crippen LogP contribution is 2.09. The zero-order chi connectivity index (χ0) is 9.36. The SMILES string of the molecule is CCCCCN=Nc1cc[c]cc1. The average molecular weight is 175 g/mol. The maximum atomic E-state index is 4.09. The molecule has 0 saturated carbocycles. The van der Waals surface area contributed by atoms with Gasteiger partial charge in [-0.05, 0) is 24.6 Å². The highest BCUT2D eigenvalue weighted by Gasteiger charge is 1.85. The Kier molecular flexibility index (Phi) is 4.84. The molecule has 0 aliphatic carbocycles. The van der Waals surface area contributed by atoms with Crippen molar-refractivity contribution in [2.75, 3.05) is 6.54 Å². The molecule has 0 amide bonds. The van der Waals surface area contributed by atoms with Crippen LogP contribution in [0.2, 0.25) is 0 Å². The first-order chi connectivity index (χ1) is 6.43. The third kappa shape index (κ3) is 4.41. The van der Waals surface area contributed by atoms with Gasteiger partial charge in [0.1, 0.15) is 0 Å². The summed E-state index contributed by atoms with van der Waals surface area (Å²) in [5.74, 6) is 0. The molecule has 69 valence electrons. The van der Waals surface area contributed by atoms with Crippen LogP contribution in [0.3, 0.4) is 0 Å². The predicted molar refractivity (Wildman–Crippen MR) is 54.2 cm³/mol. The second-order valence-electron chi connectivity index (χ2n) is 2.93. The molecule has 0 aliphatic heterocycles. The Hall–Kier alpha value is -1.18. The fraction of sp³-hybridized carbons (Fsp3) is 0.455. The van der Waals surface area contributed by atoms with Crippen molar-refractivity contribution in [2.24, 2.45) is 10.2 Å². The van der Waals surface area contributed by atoms with E-state index in [4.69, 9.17) is 0 Å². The van der Waals surface area contributed by atoms with Gasteiger partial charge in [0.2, 0.25) is 0 Å². The van der Waals surface area contributed by atoms with Gasteiger partial charge in [-0.3, -0.25) is 0 Å². The molecule has 1 radical (unpaired) electrons. The van der Waals surface area contributed by atoms with E-state index < -0.39 is 0 Å². The lowest BCUT2D eigenvalue weighted by Crippen LogP contribution is -1.77. The molecule has 13 heavy (non-hydrogen) atoms. The molecule has 1 aromatic carbocycles. The first-order valence-corrected chi connectivity index (χ1v) is 4.77. The third-order valence-electron chi connectivity index (χ3n) is 1.75. The lowest BCUT2D eigenvalue weighted by molar-refractivity contribution is 0.713. The lowest BCUT2D eigenvalue weighted by Gasteiger charge is -1.91. The summed E-state index contributed by atoms with van der Waals surface area (Å²) in [6.45, 7) is 3.02. The summed E-state index contributed by atoms with van der Waals surface area (Å²) in [6, 6.07) is 10.4. The molecule has 0 N–H and O–H groups in total. The van der Waals surface area contributed by atoms with E-state index in [1.165, 1.54) is 12.8 Å². The summed E-state index contributed by atoms with van der Waals surface area (Å²) in [5.41, 5.74) is 0.912. The van der Waals surface area contributed by atoms with Crippen LogP contribution in [0.4, 0.5) is 5.69 Å². The quantitative estimate of drug-likeness (QED) is 0.481. The zero-order valence-corrected chi connectivity index (χ0v) is 8.03. The van der Waals surface area contributed by atoms with Gasteiger partial charge in [-0.15, -0.1) is 0 Å². The second kappa shape index (κ2) is 6.35. The first kappa shape index (κ1) is 9.90. The molecule has 1 aromatic rings. The minimum Gasteiger partial charge on any atom is -0.189 e. The summed E-state index contributed by atoms with van der Waals surface area (Å²) in [4.78, 5) is 0. The van der Waals surface area contributed by atoms with Crippen molar-refractivity contribution in [1.82, 2.24) is 0 Å². The van der Waals surface area contributed by atoms with Crippen LogP contribution in [0, 0.1) is 6.07 Å². The predicted octanol–water partition coefficient (Wildman–Crippen LogP) is 3.76. The van der Waals surface area contributed by atoms with Gasteiger partial charge >= 0.3 is 0 Å².